The first-order valence-electron chi connectivity index (χ1n) is 11.1. The van der Waals surface area contributed by atoms with Gasteiger partial charge in [-0.3, -0.25) is 9.69 Å². The van der Waals surface area contributed by atoms with Crippen molar-refractivity contribution in [2.24, 2.45) is 5.92 Å². The highest BCUT2D eigenvalue weighted by Gasteiger charge is 2.39. The maximum Gasteiger partial charge on any atom is 0.416 e. The second-order valence-corrected chi connectivity index (χ2v) is 8.80. The van der Waals surface area contributed by atoms with Crippen molar-refractivity contribution in [2.75, 3.05) is 20.2 Å². The minimum atomic E-state index is -4.40. The summed E-state index contributed by atoms with van der Waals surface area (Å²) < 4.78 is 44.0. The van der Waals surface area contributed by atoms with E-state index in [1.165, 1.54) is 13.2 Å². The molecule has 0 bridgehead atoms. The molecule has 4 rings (SSSR count). The van der Waals surface area contributed by atoms with Crippen LogP contribution in [-0.4, -0.2) is 47.9 Å². The Morgan fingerprint density at radius 2 is 1.82 bits per heavy atom. The smallest absolute Gasteiger partial charge is 0.416 e. The number of amides is 1. The molecule has 2 aliphatic heterocycles. The third kappa shape index (κ3) is 5.38. The largest absolute Gasteiger partial charge is 0.465 e. The third-order valence-corrected chi connectivity index (χ3v) is 6.62. The Balaban J connectivity index is 1.40. The van der Waals surface area contributed by atoms with Crippen LogP contribution in [0.2, 0.25) is 0 Å². The third-order valence-electron chi connectivity index (χ3n) is 6.62. The lowest BCUT2D eigenvalue weighted by Crippen LogP contribution is -2.55. The second kappa shape index (κ2) is 9.55. The highest BCUT2D eigenvalue weighted by Crippen LogP contribution is 2.34. The van der Waals surface area contributed by atoms with Gasteiger partial charge in [0.05, 0.1) is 18.2 Å². The van der Waals surface area contributed by atoms with Crippen LogP contribution < -0.4 is 0 Å². The number of ether oxygens (including phenoxy) is 1. The minimum absolute atomic E-state index is 0.0144. The highest BCUT2D eigenvalue weighted by atomic mass is 19.4. The van der Waals surface area contributed by atoms with Crippen molar-refractivity contribution in [1.82, 2.24) is 9.80 Å². The first kappa shape index (κ1) is 23.3. The fourth-order valence-corrected chi connectivity index (χ4v) is 4.94. The first-order chi connectivity index (χ1) is 15.7. The molecule has 0 spiro atoms. The van der Waals surface area contributed by atoms with Crippen LogP contribution in [0.4, 0.5) is 13.2 Å². The summed E-state index contributed by atoms with van der Waals surface area (Å²) in [6, 6.07) is 12.6. The Morgan fingerprint density at radius 3 is 2.52 bits per heavy atom. The maximum absolute atomic E-state index is 13.1. The number of benzene rings is 2. The number of piperidine rings is 2. The fourth-order valence-electron chi connectivity index (χ4n) is 4.94. The van der Waals surface area contributed by atoms with Crippen LogP contribution in [0.1, 0.15) is 46.3 Å². The van der Waals surface area contributed by atoms with E-state index in [0.717, 1.165) is 50.2 Å². The number of hydrogen-bond acceptors (Lipinski definition) is 4. The number of rotatable bonds is 5. The summed E-state index contributed by atoms with van der Waals surface area (Å²) in [5.41, 5.74) is 1.42. The molecule has 33 heavy (non-hydrogen) atoms. The van der Waals surface area contributed by atoms with Crippen molar-refractivity contribution in [2.45, 2.75) is 44.6 Å². The molecular weight excluding hydrogens is 433 g/mol. The van der Waals surface area contributed by atoms with Crippen LogP contribution in [0.15, 0.2) is 48.5 Å². The van der Waals surface area contributed by atoms with Gasteiger partial charge < -0.3 is 9.64 Å². The van der Waals surface area contributed by atoms with Crippen LogP contribution in [0.3, 0.4) is 0 Å². The average molecular weight is 460 g/mol. The Kier molecular flexibility index (Phi) is 6.74. The number of halogens is 3. The molecule has 2 heterocycles. The Labute approximate surface area is 191 Å². The van der Waals surface area contributed by atoms with Crippen molar-refractivity contribution < 1.29 is 27.5 Å². The van der Waals surface area contributed by atoms with E-state index in [2.05, 4.69) is 4.90 Å². The minimum Gasteiger partial charge on any atom is -0.465 e. The molecule has 176 valence electrons. The van der Waals surface area contributed by atoms with Gasteiger partial charge in [0, 0.05) is 38.6 Å². The van der Waals surface area contributed by atoms with Crippen molar-refractivity contribution in [3.05, 3.63) is 70.8 Å². The van der Waals surface area contributed by atoms with Crippen LogP contribution in [0.5, 0.6) is 0 Å². The number of methoxy groups -OCH3 is 1. The molecule has 0 aliphatic carbocycles. The second-order valence-electron chi connectivity index (χ2n) is 8.80. The van der Waals surface area contributed by atoms with Gasteiger partial charge in [0.25, 0.3) is 0 Å². The van der Waals surface area contributed by atoms with Crippen molar-refractivity contribution in [1.29, 1.82) is 0 Å². The average Bonchev–Trinajstić information content (AvgIpc) is 2.80. The van der Waals surface area contributed by atoms with E-state index >= 15 is 0 Å². The lowest BCUT2D eigenvalue weighted by atomic mass is 9.83. The topological polar surface area (TPSA) is 49.9 Å². The van der Waals surface area contributed by atoms with Gasteiger partial charge in [0.2, 0.25) is 5.91 Å². The summed E-state index contributed by atoms with van der Waals surface area (Å²) in [5.74, 6) is -0.0628. The van der Waals surface area contributed by atoms with Crippen molar-refractivity contribution in [3.8, 4) is 0 Å². The van der Waals surface area contributed by atoms with Crippen LogP contribution >= 0.6 is 0 Å². The lowest BCUT2D eigenvalue weighted by molar-refractivity contribution is -0.142. The van der Waals surface area contributed by atoms with Gasteiger partial charge >= 0.3 is 12.1 Å². The normalized spacial score (nSPS) is 21.6. The van der Waals surface area contributed by atoms with E-state index in [0.29, 0.717) is 17.5 Å². The molecular formula is C25H27F3N2O3. The molecule has 0 aromatic heterocycles. The van der Waals surface area contributed by atoms with Crippen molar-refractivity contribution in [3.63, 3.8) is 0 Å². The van der Waals surface area contributed by atoms with Crippen molar-refractivity contribution >= 4 is 11.9 Å². The number of nitrogens with zero attached hydrogens (tertiary/aromatic N) is 2. The Bertz CT molecular complexity index is 1010. The zero-order valence-corrected chi connectivity index (χ0v) is 18.5. The SMILES string of the molecule is COC(=O)c1ccc(CN2CC[C@@H]3[C@@H](CCC(=O)N3Cc3cccc(C(F)(F)F)c3)C2)cc1. The summed E-state index contributed by atoms with van der Waals surface area (Å²) in [4.78, 5) is 28.4. The highest BCUT2D eigenvalue weighted by molar-refractivity contribution is 5.89. The lowest BCUT2D eigenvalue weighted by Gasteiger charge is -2.47. The number of alkyl halides is 3. The molecule has 1 amide bonds. The van der Waals surface area contributed by atoms with Crippen LogP contribution in [-0.2, 0) is 28.8 Å². The number of likely N-dealkylation sites (tertiary alicyclic amines) is 2. The summed E-state index contributed by atoms with van der Waals surface area (Å²) in [5, 5.41) is 0. The zero-order chi connectivity index (χ0) is 23.6. The molecule has 2 aromatic rings. The number of fused-ring (bicyclic) bond motifs is 1. The molecule has 2 aromatic carbocycles. The van der Waals surface area contributed by atoms with E-state index in [4.69, 9.17) is 4.74 Å². The molecule has 2 aliphatic rings. The molecule has 0 radical (unpaired) electrons. The van der Waals surface area contributed by atoms with E-state index < -0.39 is 11.7 Å². The summed E-state index contributed by atoms with van der Waals surface area (Å²) in [6.45, 7) is 2.58. The van der Waals surface area contributed by atoms with Gasteiger partial charge in [-0.1, -0.05) is 24.3 Å². The number of carbonyl (C=O) groups excluding carboxylic acids is 2. The van der Waals surface area contributed by atoms with Gasteiger partial charge in [0.1, 0.15) is 0 Å². The Hall–Kier alpha value is -2.87. The molecule has 0 saturated carbocycles. The van der Waals surface area contributed by atoms with Gasteiger partial charge in [-0.15, -0.1) is 0 Å². The zero-order valence-electron chi connectivity index (χ0n) is 18.5. The van der Waals surface area contributed by atoms with Crippen LogP contribution in [0, 0.1) is 5.92 Å². The van der Waals surface area contributed by atoms with E-state index in [-0.39, 0.29) is 30.4 Å². The monoisotopic (exact) mass is 460 g/mol. The first-order valence-corrected chi connectivity index (χ1v) is 11.1. The van der Waals surface area contributed by atoms with Crippen LogP contribution in [0.25, 0.3) is 0 Å². The maximum atomic E-state index is 13.1. The quantitative estimate of drug-likeness (QED) is 0.617. The molecule has 2 fully saturated rings. The van der Waals surface area contributed by atoms with Gasteiger partial charge in [0.15, 0.2) is 0 Å². The summed E-state index contributed by atoms with van der Waals surface area (Å²) in [6.07, 6.45) is -2.40. The predicted octanol–water partition coefficient (Wildman–Crippen LogP) is 4.51. The molecule has 0 unspecified atom stereocenters. The summed E-state index contributed by atoms with van der Waals surface area (Å²) >= 11 is 0. The standard InChI is InChI=1S/C25H27F3N2O3/c1-33-24(32)19-7-5-17(6-8-19)14-29-12-11-22-20(16-29)9-10-23(31)30(22)15-18-3-2-4-21(13-18)25(26,27)28/h2-8,13,20,22H,9-12,14-16H2,1H3/t20-,22+/m0/s1. The molecule has 8 heteroatoms. The van der Waals surface area contributed by atoms with Gasteiger partial charge in [-0.05, 0) is 54.2 Å². The number of esters is 1. The molecule has 2 atom stereocenters. The number of hydrogen-bond donors (Lipinski definition) is 0. The fraction of sp³-hybridized carbons (Fsp3) is 0.440. The van der Waals surface area contributed by atoms with E-state index in [9.17, 15) is 22.8 Å². The molecule has 0 N–H and O–H groups in total. The van der Waals surface area contributed by atoms with Gasteiger partial charge in [-0.25, -0.2) is 4.79 Å². The summed E-state index contributed by atoms with van der Waals surface area (Å²) in [7, 11) is 1.35. The van der Waals surface area contributed by atoms with E-state index in [1.807, 2.05) is 12.1 Å². The molecule has 5 nitrogen and oxygen atoms in total. The van der Waals surface area contributed by atoms with Gasteiger partial charge in [-0.2, -0.15) is 13.2 Å². The molecule has 2 saturated heterocycles. The van der Waals surface area contributed by atoms with E-state index in [1.54, 1.807) is 23.1 Å². The number of carbonyl (C=O) groups is 2. The predicted molar refractivity (Wildman–Crippen MR) is 116 cm³/mol. The Morgan fingerprint density at radius 1 is 1.06 bits per heavy atom.